The first kappa shape index (κ1) is 12.6. The van der Waals surface area contributed by atoms with Gasteiger partial charge in [0.1, 0.15) is 17.5 Å². The molecule has 3 rings (SSSR count). The maximum Gasteiger partial charge on any atom is 0.158 e. The number of nitrogens with zero attached hydrogens (tertiary/aromatic N) is 4. The van der Waals surface area contributed by atoms with Crippen molar-refractivity contribution in [3.63, 3.8) is 0 Å². The van der Waals surface area contributed by atoms with Gasteiger partial charge in [-0.1, -0.05) is 0 Å². The third-order valence-corrected chi connectivity index (χ3v) is 3.00. The van der Waals surface area contributed by atoms with Crippen LogP contribution in [0.15, 0.2) is 24.7 Å². The molecule has 0 radical (unpaired) electrons. The standard InChI is InChI=1S/C13H9F3N4/c1-7-9-2-8(14)3-18-13(9)20(19-7)6-10-11(15)4-17-5-12(10)16/h2-5H,6H2,1H3. The minimum atomic E-state index is -0.756. The minimum Gasteiger partial charge on any atom is -0.259 e. The van der Waals surface area contributed by atoms with Crippen molar-refractivity contribution < 1.29 is 13.2 Å². The van der Waals surface area contributed by atoms with Crippen molar-refractivity contribution in [1.29, 1.82) is 0 Å². The molecule has 3 heterocycles. The summed E-state index contributed by atoms with van der Waals surface area (Å²) in [4.78, 5) is 7.34. The van der Waals surface area contributed by atoms with Gasteiger partial charge in [-0.2, -0.15) is 5.10 Å². The molecule has 0 bridgehead atoms. The molecule has 0 saturated carbocycles. The van der Waals surface area contributed by atoms with E-state index in [1.807, 2.05) is 0 Å². The van der Waals surface area contributed by atoms with Gasteiger partial charge in [0, 0.05) is 10.9 Å². The first-order valence-electron chi connectivity index (χ1n) is 5.83. The van der Waals surface area contributed by atoms with Crippen LogP contribution in [-0.4, -0.2) is 19.7 Å². The summed E-state index contributed by atoms with van der Waals surface area (Å²) in [5.41, 5.74) is 0.761. The van der Waals surface area contributed by atoms with E-state index < -0.39 is 17.5 Å². The first-order chi connectivity index (χ1) is 9.56. The molecule has 3 aromatic heterocycles. The molecule has 0 fully saturated rings. The Hall–Kier alpha value is -2.44. The van der Waals surface area contributed by atoms with E-state index in [0.29, 0.717) is 16.7 Å². The van der Waals surface area contributed by atoms with Gasteiger partial charge >= 0.3 is 0 Å². The monoisotopic (exact) mass is 278 g/mol. The Balaban J connectivity index is 2.12. The highest BCUT2D eigenvalue weighted by Crippen LogP contribution is 2.19. The molecule has 0 N–H and O–H groups in total. The van der Waals surface area contributed by atoms with Crippen LogP contribution in [0.25, 0.3) is 11.0 Å². The van der Waals surface area contributed by atoms with E-state index in [4.69, 9.17) is 0 Å². The van der Waals surface area contributed by atoms with Crippen molar-refractivity contribution in [2.45, 2.75) is 13.5 Å². The van der Waals surface area contributed by atoms with Crippen molar-refractivity contribution in [2.24, 2.45) is 0 Å². The van der Waals surface area contributed by atoms with Crippen molar-refractivity contribution in [2.75, 3.05) is 0 Å². The molecule has 0 aliphatic heterocycles. The number of hydrogen-bond donors (Lipinski definition) is 0. The van der Waals surface area contributed by atoms with Crippen molar-refractivity contribution in [3.8, 4) is 0 Å². The van der Waals surface area contributed by atoms with Gasteiger partial charge in [0.2, 0.25) is 0 Å². The predicted octanol–water partition coefficient (Wildman–Crippen LogP) is 2.60. The van der Waals surface area contributed by atoms with Gasteiger partial charge in [-0.05, 0) is 13.0 Å². The number of aryl methyl sites for hydroxylation is 1. The van der Waals surface area contributed by atoms with E-state index in [9.17, 15) is 13.2 Å². The summed E-state index contributed by atoms with van der Waals surface area (Å²) in [6.07, 6.45) is 2.91. The van der Waals surface area contributed by atoms with Gasteiger partial charge in [0.05, 0.1) is 30.8 Å². The molecule has 0 unspecified atom stereocenters. The molecule has 0 aliphatic rings. The summed E-state index contributed by atoms with van der Waals surface area (Å²) in [6, 6.07) is 1.29. The highest BCUT2D eigenvalue weighted by Gasteiger charge is 2.15. The second-order valence-corrected chi connectivity index (χ2v) is 4.35. The molecule has 20 heavy (non-hydrogen) atoms. The van der Waals surface area contributed by atoms with E-state index in [-0.39, 0.29) is 12.1 Å². The topological polar surface area (TPSA) is 43.6 Å². The van der Waals surface area contributed by atoms with E-state index in [1.54, 1.807) is 6.92 Å². The SMILES string of the molecule is Cc1nn(Cc2c(F)cncc2F)c2ncc(F)cc12. The summed E-state index contributed by atoms with van der Waals surface area (Å²) in [5.74, 6) is -2.00. The van der Waals surface area contributed by atoms with Crippen LogP contribution in [0.5, 0.6) is 0 Å². The number of aromatic nitrogens is 4. The van der Waals surface area contributed by atoms with E-state index in [0.717, 1.165) is 18.6 Å². The summed E-state index contributed by atoms with van der Waals surface area (Å²) in [7, 11) is 0. The molecular formula is C13H9F3N4. The van der Waals surface area contributed by atoms with Crippen LogP contribution in [0.3, 0.4) is 0 Å². The zero-order valence-corrected chi connectivity index (χ0v) is 10.4. The molecule has 0 saturated heterocycles. The summed E-state index contributed by atoms with van der Waals surface area (Å²) in [5, 5.41) is 4.66. The predicted molar refractivity (Wildman–Crippen MR) is 65.5 cm³/mol. The van der Waals surface area contributed by atoms with Gasteiger partial charge in [0.15, 0.2) is 5.65 Å². The normalized spacial score (nSPS) is 11.2. The average Bonchev–Trinajstić information content (AvgIpc) is 2.70. The molecule has 3 aromatic rings. The molecule has 4 nitrogen and oxygen atoms in total. The highest BCUT2D eigenvalue weighted by molar-refractivity contribution is 5.78. The van der Waals surface area contributed by atoms with Gasteiger partial charge < -0.3 is 0 Å². The van der Waals surface area contributed by atoms with E-state index >= 15 is 0 Å². The average molecular weight is 278 g/mol. The Morgan fingerprint density at radius 2 is 1.80 bits per heavy atom. The van der Waals surface area contributed by atoms with E-state index in [1.165, 1.54) is 10.7 Å². The Labute approximate surface area is 111 Å². The van der Waals surface area contributed by atoms with Crippen LogP contribution in [0.1, 0.15) is 11.3 Å². The Morgan fingerprint density at radius 1 is 1.10 bits per heavy atom. The van der Waals surface area contributed by atoms with Gasteiger partial charge in [-0.15, -0.1) is 0 Å². The molecule has 0 amide bonds. The fraction of sp³-hybridized carbons (Fsp3) is 0.154. The summed E-state index contributed by atoms with van der Waals surface area (Å²) < 4.78 is 41.7. The fourth-order valence-electron chi connectivity index (χ4n) is 2.04. The quantitative estimate of drug-likeness (QED) is 0.723. The van der Waals surface area contributed by atoms with E-state index in [2.05, 4.69) is 15.1 Å². The third kappa shape index (κ3) is 2.01. The lowest BCUT2D eigenvalue weighted by atomic mass is 10.2. The molecule has 0 spiro atoms. The smallest absolute Gasteiger partial charge is 0.158 e. The van der Waals surface area contributed by atoms with Crippen molar-refractivity contribution >= 4 is 11.0 Å². The maximum absolute atomic E-state index is 13.6. The second-order valence-electron chi connectivity index (χ2n) is 4.35. The largest absolute Gasteiger partial charge is 0.259 e. The molecule has 0 aliphatic carbocycles. The zero-order valence-electron chi connectivity index (χ0n) is 10.4. The highest BCUT2D eigenvalue weighted by atomic mass is 19.1. The fourth-order valence-corrected chi connectivity index (χ4v) is 2.04. The Bertz CT molecular complexity index is 777. The van der Waals surface area contributed by atoms with Crippen molar-refractivity contribution in [3.05, 3.63) is 53.4 Å². The molecule has 102 valence electrons. The number of hydrogen-bond acceptors (Lipinski definition) is 3. The van der Waals surface area contributed by atoms with Gasteiger partial charge in [-0.25, -0.2) is 22.8 Å². The van der Waals surface area contributed by atoms with Crippen molar-refractivity contribution in [1.82, 2.24) is 19.7 Å². The van der Waals surface area contributed by atoms with Crippen LogP contribution in [0, 0.1) is 24.4 Å². The summed E-state index contributed by atoms with van der Waals surface area (Å²) >= 11 is 0. The Kier molecular flexibility index (Phi) is 2.89. The zero-order chi connectivity index (χ0) is 14.3. The second kappa shape index (κ2) is 4.59. The molecule has 0 aromatic carbocycles. The number of pyridine rings is 2. The molecular weight excluding hydrogens is 269 g/mol. The van der Waals surface area contributed by atoms with Crippen LogP contribution < -0.4 is 0 Å². The van der Waals surface area contributed by atoms with Gasteiger partial charge in [-0.3, -0.25) is 4.98 Å². The minimum absolute atomic E-state index is 0.136. The maximum atomic E-state index is 13.6. The summed E-state index contributed by atoms with van der Waals surface area (Å²) in [6.45, 7) is 1.54. The molecule has 7 heteroatoms. The lowest BCUT2D eigenvalue weighted by Gasteiger charge is -2.05. The van der Waals surface area contributed by atoms with Crippen LogP contribution in [-0.2, 0) is 6.54 Å². The first-order valence-corrected chi connectivity index (χ1v) is 5.83. The number of rotatable bonds is 2. The third-order valence-electron chi connectivity index (χ3n) is 3.00. The lowest BCUT2D eigenvalue weighted by molar-refractivity contribution is 0.527. The molecule has 0 atom stereocenters. The van der Waals surface area contributed by atoms with Crippen LogP contribution in [0.2, 0.25) is 0 Å². The Morgan fingerprint density at radius 3 is 2.50 bits per heavy atom. The number of halogens is 3. The lowest BCUT2D eigenvalue weighted by Crippen LogP contribution is -2.07. The van der Waals surface area contributed by atoms with Gasteiger partial charge in [0.25, 0.3) is 0 Å². The van der Waals surface area contributed by atoms with Crippen LogP contribution >= 0.6 is 0 Å². The van der Waals surface area contributed by atoms with Crippen LogP contribution in [0.4, 0.5) is 13.2 Å². The number of fused-ring (bicyclic) bond motifs is 1.